The zero-order valence-electron chi connectivity index (χ0n) is 26.1. The van der Waals surface area contributed by atoms with E-state index >= 15 is 4.39 Å². The van der Waals surface area contributed by atoms with Crippen LogP contribution < -0.4 is 20.1 Å². The van der Waals surface area contributed by atoms with Crippen molar-refractivity contribution in [1.29, 1.82) is 5.26 Å². The average Bonchev–Trinajstić information content (AvgIpc) is 3.61. The molecule has 3 fully saturated rings. The SMILES string of the molecule is N#Cc1c(N)sc2c(F)ccc(-c3c(Cl)c4c5c(nc(OC[C@@]67CCCN6C[C@H](F)C7)nc5c3F)N3CCN(CC(F)F)CCC3CO4)c12. The largest absolute Gasteiger partial charge is 0.489 e. The number of fused-ring (bicyclic) bond motifs is 4. The molecule has 0 saturated carbocycles. The van der Waals surface area contributed by atoms with Gasteiger partial charge in [0.2, 0.25) is 0 Å². The van der Waals surface area contributed by atoms with Gasteiger partial charge in [0.15, 0.2) is 11.6 Å². The maximum atomic E-state index is 17.2. The fourth-order valence-corrected chi connectivity index (χ4v) is 9.36. The van der Waals surface area contributed by atoms with Gasteiger partial charge in [-0.1, -0.05) is 17.7 Å². The fourth-order valence-electron chi connectivity index (χ4n) is 8.08. The van der Waals surface area contributed by atoms with Crippen molar-refractivity contribution in [1.82, 2.24) is 19.8 Å². The predicted molar refractivity (Wildman–Crippen MR) is 177 cm³/mol. The summed E-state index contributed by atoms with van der Waals surface area (Å²) in [6.45, 7) is 1.82. The standard InChI is InChI=1S/C33H31ClF5N7O2S/c34-25-23(18-2-3-20(36)29-22(18)19(11-40)30(41)49-29)26(39)27-24-28(25)47-14-17-4-7-44(13-21(37)38)8-9-46(17)31(24)43-32(42-27)48-15-33-5-1-6-45(33)12-16(35)10-33/h2-3,16-17,21H,1,4-10,12-15,41H2/t16-,17?,33+/m1/s1. The van der Waals surface area contributed by atoms with Crippen LogP contribution in [0.5, 0.6) is 11.8 Å². The molecule has 2 N–H and O–H groups in total. The van der Waals surface area contributed by atoms with Gasteiger partial charge < -0.3 is 20.1 Å². The van der Waals surface area contributed by atoms with Crippen LogP contribution in [0.3, 0.4) is 0 Å². The van der Waals surface area contributed by atoms with Gasteiger partial charge in [0.1, 0.15) is 47.6 Å². The topological polar surface area (TPSA) is 104 Å². The van der Waals surface area contributed by atoms with Crippen LogP contribution in [0.4, 0.5) is 32.8 Å². The molecule has 1 unspecified atom stereocenters. The molecular weight excluding hydrogens is 689 g/mol. The van der Waals surface area contributed by atoms with Crippen LogP contribution in [-0.2, 0) is 0 Å². The Labute approximate surface area is 286 Å². The summed E-state index contributed by atoms with van der Waals surface area (Å²) in [4.78, 5) is 15.0. The van der Waals surface area contributed by atoms with Gasteiger partial charge in [0.05, 0.1) is 38.8 Å². The number of nitrogens with two attached hydrogens (primary N) is 1. The lowest BCUT2D eigenvalue weighted by atomic mass is 9.95. The molecule has 3 atom stereocenters. The number of nitrogens with zero attached hydrogens (tertiary/aromatic N) is 6. The van der Waals surface area contributed by atoms with Crippen LogP contribution in [0.15, 0.2) is 12.1 Å². The smallest absolute Gasteiger partial charge is 0.319 e. The zero-order chi connectivity index (χ0) is 34.2. The molecule has 8 rings (SSSR count). The molecule has 258 valence electrons. The molecule has 4 aliphatic rings. The van der Waals surface area contributed by atoms with E-state index in [2.05, 4.69) is 9.88 Å². The van der Waals surface area contributed by atoms with Gasteiger partial charge in [-0.3, -0.25) is 9.80 Å². The highest BCUT2D eigenvalue weighted by molar-refractivity contribution is 7.23. The van der Waals surface area contributed by atoms with Gasteiger partial charge in [0, 0.05) is 43.5 Å². The Balaban J connectivity index is 1.31. The van der Waals surface area contributed by atoms with Gasteiger partial charge in [-0.25, -0.2) is 22.0 Å². The number of hydrogen-bond acceptors (Lipinski definition) is 10. The molecule has 0 spiro atoms. The number of hydrogen-bond donors (Lipinski definition) is 1. The lowest BCUT2D eigenvalue weighted by Crippen LogP contribution is -2.43. The van der Waals surface area contributed by atoms with Gasteiger partial charge in [-0.2, -0.15) is 15.2 Å². The van der Waals surface area contributed by atoms with Crippen LogP contribution in [0.2, 0.25) is 5.02 Å². The second kappa shape index (κ2) is 12.3. The van der Waals surface area contributed by atoms with Crippen LogP contribution >= 0.6 is 22.9 Å². The zero-order valence-corrected chi connectivity index (χ0v) is 27.7. The average molecular weight is 720 g/mol. The number of halogens is 6. The summed E-state index contributed by atoms with van der Waals surface area (Å²) in [7, 11) is 0. The van der Waals surface area contributed by atoms with Crippen LogP contribution in [-0.4, -0.2) is 96.4 Å². The fraction of sp³-hybridized carbons (Fsp3) is 0.485. The molecule has 0 bridgehead atoms. The second-order valence-electron chi connectivity index (χ2n) is 13.1. The Morgan fingerprint density at radius 1 is 1.18 bits per heavy atom. The minimum atomic E-state index is -2.50. The Bertz CT molecular complexity index is 2030. The van der Waals surface area contributed by atoms with Crippen molar-refractivity contribution in [3.05, 3.63) is 34.4 Å². The number of ether oxygens (including phenoxy) is 2. The lowest BCUT2D eigenvalue weighted by molar-refractivity contribution is 0.0909. The van der Waals surface area contributed by atoms with Gasteiger partial charge in [-0.15, -0.1) is 11.3 Å². The van der Waals surface area contributed by atoms with E-state index in [1.807, 2.05) is 11.0 Å². The monoisotopic (exact) mass is 719 g/mol. The Morgan fingerprint density at radius 2 is 2.02 bits per heavy atom. The third-order valence-corrected chi connectivity index (χ3v) is 11.7. The second-order valence-corrected chi connectivity index (χ2v) is 14.6. The highest BCUT2D eigenvalue weighted by atomic mass is 35.5. The minimum absolute atomic E-state index is 0.00548. The van der Waals surface area contributed by atoms with E-state index in [0.29, 0.717) is 32.5 Å². The van der Waals surface area contributed by atoms with E-state index in [1.165, 1.54) is 6.07 Å². The van der Waals surface area contributed by atoms with Crippen molar-refractivity contribution >= 4 is 54.7 Å². The van der Waals surface area contributed by atoms with E-state index in [1.54, 1.807) is 4.90 Å². The number of nitriles is 1. The Kier molecular flexibility index (Phi) is 8.13. The lowest BCUT2D eigenvalue weighted by Gasteiger charge is -2.31. The quantitative estimate of drug-likeness (QED) is 0.227. The summed E-state index contributed by atoms with van der Waals surface area (Å²) in [5.74, 6) is -1.12. The Hall–Kier alpha value is -3.71. The normalized spacial score (nSPS) is 24.2. The molecule has 0 aliphatic carbocycles. The highest BCUT2D eigenvalue weighted by Gasteiger charge is 2.49. The first-order valence-electron chi connectivity index (χ1n) is 16.1. The molecule has 16 heteroatoms. The molecule has 3 saturated heterocycles. The molecule has 0 radical (unpaired) electrons. The van der Waals surface area contributed by atoms with E-state index in [9.17, 15) is 22.8 Å². The number of aromatic nitrogens is 2. The molecule has 2 aromatic carbocycles. The van der Waals surface area contributed by atoms with Gasteiger partial charge >= 0.3 is 6.01 Å². The number of nitrogen functional groups attached to an aromatic ring is 1. The summed E-state index contributed by atoms with van der Waals surface area (Å²) >= 11 is 7.89. The summed E-state index contributed by atoms with van der Waals surface area (Å²) in [5, 5.41) is 10.2. The maximum absolute atomic E-state index is 17.2. The van der Waals surface area contributed by atoms with Crippen LogP contribution in [0.1, 0.15) is 31.2 Å². The van der Waals surface area contributed by atoms with Crippen molar-refractivity contribution in [2.75, 3.05) is 63.1 Å². The molecule has 0 amide bonds. The Morgan fingerprint density at radius 3 is 2.82 bits per heavy atom. The molecule has 4 aliphatic heterocycles. The number of rotatable bonds is 6. The van der Waals surface area contributed by atoms with Crippen molar-refractivity contribution in [3.63, 3.8) is 0 Å². The first-order chi connectivity index (χ1) is 23.6. The number of benzene rings is 2. The summed E-state index contributed by atoms with van der Waals surface area (Å²) < 4.78 is 86.0. The predicted octanol–water partition coefficient (Wildman–Crippen LogP) is 6.39. The van der Waals surface area contributed by atoms with Crippen molar-refractivity contribution in [3.8, 4) is 29.0 Å². The van der Waals surface area contributed by atoms with Crippen molar-refractivity contribution < 1.29 is 31.4 Å². The summed E-state index contributed by atoms with van der Waals surface area (Å²) in [6, 6.07) is 4.03. The van der Waals surface area contributed by atoms with E-state index in [-0.39, 0.29) is 97.6 Å². The maximum Gasteiger partial charge on any atom is 0.319 e. The minimum Gasteiger partial charge on any atom is -0.489 e. The third kappa shape index (κ3) is 5.30. The summed E-state index contributed by atoms with van der Waals surface area (Å²) in [6.07, 6.45) is -1.10. The molecule has 49 heavy (non-hydrogen) atoms. The van der Waals surface area contributed by atoms with E-state index in [0.717, 1.165) is 36.8 Å². The summed E-state index contributed by atoms with van der Waals surface area (Å²) in [5.41, 5.74) is 5.34. The molecule has 6 heterocycles. The van der Waals surface area contributed by atoms with Crippen LogP contribution in [0, 0.1) is 23.0 Å². The molecule has 9 nitrogen and oxygen atoms in total. The third-order valence-electron chi connectivity index (χ3n) is 10.3. The molecule has 2 aromatic heterocycles. The van der Waals surface area contributed by atoms with Crippen molar-refractivity contribution in [2.45, 2.75) is 49.9 Å². The van der Waals surface area contributed by atoms with Gasteiger partial charge in [-0.05, 0) is 37.4 Å². The molecule has 4 aromatic rings. The van der Waals surface area contributed by atoms with Gasteiger partial charge in [0.25, 0.3) is 6.43 Å². The van der Waals surface area contributed by atoms with E-state index in [4.69, 9.17) is 31.8 Å². The first kappa shape index (κ1) is 32.5. The first-order valence-corrected chi connectivity index (χ1v) is 17.3. The molecular formula is C33H31ClF5N7O2S. The number of alkyl halides is 3. The van der Waals surface area contributed by atoms with Crippen molar-refractivity contribution in [2.24, 2.45) is 0 Å². The van der Waals surface area contributed by atoms with E-state index < -0.39 is 29.8 Å². The number of thiophene rings is 1. The number of anilines is 2. The highest BCUT2D eigenvalue weighted by Crippen LogP contribution is 2.51. The van der Waals surface area contributed by atoms with Crippen LogP contribution in [0.25, 0.3) is 32.1 Å².